The molecular weight excluding hydrogens is 234 g/mol. The fourth-order valence-electron chi connectivity index (χ4n) is 2.39. The van der Waals surface area contributed by atoms with Gasteiger partial charge in [-0.25, -0.2) is 4.98 Å². The van der Waals surface area contributed by atoms with Gasteiger partial charge in [0.25, 0.3) is 5.56 Å². The average molecular weight is 247 g/mol. The maximum absolute atomic E-state index is 11.8. The number of nitrogens with one attached hydrogen (secondary N) is 2. The third kappa shape index (κ3) is 1.91. The van der Waals surface area contributed by atoms with E-state index in [1.165, 1.54) is 24.8 Å². The Bertz CT molecular complexity index is 686. The Morgan fingerprint density at radius 3 is 2.88 bits per heavy atom. The van der Waals surface area contributed by atoms with Gasteiger partial charge in [0.15, 0.2) is 4.77 Å². The Morgan fingerprint density at radius 1 is 1.18 bits per heavy atom. The van der Waals surface area contributed by atoms with Crippen LogP contribution in [0.2, 0.25) is 0 Å². The number of hydrogen-bond acceptors (Lipinski definition) is 3. The van der Waals surface area contributed by atoms with Crippen LogP contribution in [0.4, 0.5) is 0 Å². The second-order valence-corrected chi connectivity index (χ2v) is 4.87. The molecule has 3 rings (SSSR count). The predicted molar refractivity (Wildman–Crippen MR) is 68.8 cm³/mol. The molecule has 0 aliphatic heterocycles. The van der Waals surface area contributed by atoms with Crippen molar-refractivity contribution < 1.29 is 0 Å². The van der Waals surface area contributed by atoms with Crippen LogP contribution in [0.25, 0.3) is 11.0 Å². The minimum absolute atomic E-state index is 0.150. The lowest BCUT2D eigenvalue weighted by Crippen LogP contribution is -2.10. The third-order valence-corrected chi connectivity index (χ3v) is 3.46. The van der Waals surface area contributed by atoms with Gasteiger partial charge < -0.3 is 4.98 Å². The highest BCUT2D eigenvalue weighted by atomic mass is 32.1. The van der Waals surface area contributed by atoms with E-state index in [0.717, 1.165) is 18.5 Å². The van der Waals surface area contributed by atoms with Crippen LogP contribution in [0.15, 0.2) is 10.9 Å². The van der Waals surface area contributed by atoms with Crippen molar-refractivity contribution in [3.8, 4) is 0 Å². The first-order valence-corrected chi connectivity index (χ1v) is 6.30. The minimum atomic E-state index is -0.150. The second-order valence-electron chi connectivity index (χ2n) is 4.46. The zero-order valence-electron chi connectivity index (χ0n) is 9.38. The summed E-state index contributed by atoms with van der Waals surface area (Å²) in [5.41, 5.74) is 2.79. The number of aryl methyl sites for hydroxylation is 2. The van der Waals surface area contributed by atoms with Crippen molar-refractivity contribution in [2.75, 3.05) is 0 Å². The van der Waals surface area contributed by atoms with Crippen LogP contribution in [0.5, 0.6) is 0 Å². The number of rotatable bonds is 0. The molecule has 4 nitrogen and oxygen atoms in total. The zero-order valence-corrected chi connectivity index (χ0v) is 10.2. The van der Waals surface area contributed by atoms with Gasteiger partial charge >= 0.3 is 0 Å². The van der Waals surface area contributed by atoms with Crippen LogP contribution in [0, 0.1) is 4.77 Å². The molecule has 2 aromatic heterocycles. The minimum Gasteiger partial charge on any atom is -0.316 e. The Balaban J connectivity index is 2.33. The van der Waals surface area contributed by atoms with E-state index in [9.17, 15) is 4.79 Å². The number of nitrogens with zero attached hydrogens (tertiary/aromatic N) is 1. The Kier molecular flexibility index (Phi) is 2.55. The van der Waals surface area contributed by atoms with Crippen LogP contribution in [0.1, 0.15) is 30.5 Å². The van der Waals surface area contributed by atoms with Crippen LogP contribution in [-0.4, -0.2) is 15.0 Å². The molecule has 2 heterocycles. The molecule has 5 heteroatoms. The molecule has 1 aliphatic rings. The van der Waals surface area contributed by atoms with E-state index in [1.807, 2.05) is 6.07 Å². The number of aromatic nitrogens is 3. The zero-order chi connectivity index (χ0) is 11.8. The number of aromatic amines is 2. The smallest absolute Gasteiger partial charge is 0.261 e. The van der Waals surface area contributed by atoms with Gasteiger partial charge in [-0.3, -0.25) is 9.78 Å². The predicted octanol–water partition coefficient (Wildman–Crippen LogP) is 2.25. The SMILES string of the molecule is O=c1[nH]c(=S)[nH]c2nc3c(cc12)CCCCC3. The van der Waals surface area contributed by atoms with Gasteiger partial charge in [-0.05, 0) is 49.5 Å². The van der Waals surface area contributed by atoms with E-state index >= 15 is 0 Å². The highest BCUT2D eigenvalue weighted by Gasteiger charge is 2.12. The lowest BCUT2D eigenvalue weighted by molar-refractivity contribution is 0.709. The van der Waals surface area contributed by atoms with Crippen LogP contribution < -0.4 is 5.56 Å². The van der Waals surface area contributed by atoms with Crippen molar-refractivity contribution >= 4 is 23.3 Å². The van der Waals surface area contributed by atoms with Crippen LogP contribution in [0.3, 0.4) is 0 Å². The topological polar surface area (TPSA) is 61.5 Å². The highest BCUT2D eigenvalue weighted by Crippen LogP contribution is 2.20. The van der Waals surface area contributed by atoms with E-state index < -0.39 is 0 Å². The first-order chi connectivity index (χ1) is 8.24. The van der Waals surface area contributed by atoms with Crippen molar-refractivity contribution in [2.45, 2.75) is 32.1 Å². The summed E-state index contributed by atoms with van der Waals surface area (Å²) in [6, 6.07) is 1.97. The molecular formula is C12H13N3OS. The molecule has 0 bridgehead atoms. The molecule has 88 valence electrons. The summed E-state index contributed by atoms with van der Waals surface area (Å²) < 4.78 is 0.337. The summed E-state index contributed by atoms with van der Waals surface area (Å²) in [5.74, 6) is 0. The lowest BCUT2D eigenvalue weighted by atomic mass is 10.1. The van der Waals surface area contributed by atoms with Gasteiger partial charge in [-0.2, -0.15) is 0 Å². The number of hydrogen-bond donors (Lipinski definition) is 2. The first kappa shape index (κ1) is 10.7. The summed E-state index contributed by atoms with van der Waals surface area (Å²) in [6.45, 7) is 0. The Morgan fingerprint density at radius 2 is 2.00 bits per heavy atom. The van der Waals surface area contributed by atoms with E-state index in [4.69, 9.17) is 12.2 Å². The second kappa shape index (κ2) is 4.07. The van der Waals surface area contributed by atoms with Crippen molar-refractivity contribution in [2.24, 2.45) is 0 Å². The normalized spacial score (nSPS) is 15.5. The molecule has 2 aromatic rings. The third-order valence-electron chi connectivity index (χ3n) is 3.25. The monoisotopic (exact) mass is 247 g/mol. The Hall–Kier alpha value is -1.49. The van der Waals surface area contributed by atoms with E-state index in [0.29, 0.717) is 15.8 Å². The molecule has 0 spiro atoms. The van der Waals surface area contributed by atoms with Crippen molar-refractivity contribution in [1.29, 1.82) is 0 Å². The molecule has 0 amide bonds. The van der Waals surface area contributed by atoms with E-state index in [-0.39, 0.29) is 5.56 Å². The summed E-state index contributed by atoms with van der Waals surface area (Å²) in [7, 11) is 0. The first-order valence-electron chi connectivity index (χ1n) is 5.89. The Labute approximate surface area is 103 Å². The molecule has 0 aromatic carbocycles. The van der Waals surface area contributed by atoms with Gasteiger partial charge in [0.2, 0.25) is 0 Å². The molecule has 0 radical (unpaired) electrons. The average Bonchev–Trinajstić information content (AvgIpc) is 2.51. The molecule has 0 atom stereocenters. The highest BCUT2D eigenvalue weighted by molar-refractivity contribution is 7.71. The van der Waals surface area contributed by atoms with Crippen molar-refractivity contribution in [1.82, 2.24) is 15.0 Å². The quantitative estimate of drug-likeness (QED) is 0.554. The summed E-state index contributed by atoms with van der Waals surface area (Å²) in [4.78, 5) is 21.9. The number of pyridine rings is 1. The van der Waals surface area contributed by atoms with Crippen molar-refractivity contribution in [3.05, 3.63) is 32.4 Å². The molecule has 0 saturated heterocycles. The van der Waals surface area contributed by atoms with E-state index in [1.54, 1.807) is 0 Å². The molecule has 0 saturated carbocycles. The summed E-state index contributed by atoms with van der Waals surface area (Å²) >= 11 is 4.96. The standard InChI is InChI=1S/C12H13N3OS/c16-11-8-6-7-4-2-1-3-5-9(7)13-10(8)14-12(17)15-11/h6H,1-5H2,(H2,13,14,15,16,17). The fraction of sp³-hybridized carbons (Fsp3) is 0.417. The van der Waals surface area contributed by atoms with Gasteiger partial charge in [0.1, 0.15) is 5.65 Å². The molecule has 0 fully saturated rings. The van der Waals surface area contributed by atoms with E-state index in [2.05, 4.69) is 15.0 Å². The van der Waals surface area contributed by atoms with Crippen molar-refractivity contribution in [3.63, 3.8) is 0 Å². The molecule has 2 N–H and O–H groups in total. The lowest BCUT2D eigenvalue weighted by Gasteiger charge is -2.06. The van der Waals surface area contributed by atoms with Crippen LogP contribution >= 0.6 is 12.2 Å². The fourth-order valence-corrected chi connectivity index (χ4v) is 2.58. The maximum atomic E-state index is 11.8. The number of H-pyrrole nitrogens is 2. The van der Waals surface area contributed by atoms with Gasteiger partial charge in [-0.15, -0.1) is 0 Å². The molecule has 17 heavy (non-hydrogen) atoms. The van der Waals surface area contributed by atoms with Gasteiger partial charge in [0.05, 0.1) is 5.39 Å². The summed E-state index contributed by atoms with van der Waals surface area (Å²) in [6.07, 6.45) is 5.61. The largest absolute Gasteiger partial charge is 0.316 e. The summed E-state index contributed by atoms with van der Waals surface area (Å²) in [5, 5.41) is 0.610. The van der Waals surface area contributed by atoms with Crippen LogP contribution in [-0.2, 0) is 12.8 Å². The number of fused-ring (bicyclic) bond motifs is 2. The molecule has 1 aliphatic carbocycles. The maximum Gasteiger partial charge on any atom is 0.261 e. The van der Waals surface area contributed by atoms with Gasteiger partial charge in [-0.1, -0.05) is 6.42 Å². The molecule has 0 unspecified atom stereocenters. The van der Waals surface area contributed by atoms with Gasteiger partial charge in [0, 0.05) is 5.69 Å².